The van der Waals surface area contributed by atoms with Crippen molar-refractivity contribution in [3.63, 3.8) is 0 Å². The van der Waals surface area contributed by atoms with Gasteiger partial charge in [-0.15, -0.1) is 21.5 Å². The minimum Gasteiger partial charge on any atom is -0.350 e. The van der Waals surface area contributed by atoms with Crippen molar-refractivity contribution in [3.8, 4) is 0 Å². The fraction of sp³-hybridized carbons (Fsp3) is 0.609. The minimum atomic E-state index is -4.54. The van der Waals surface area contributed by atoms with Gasteiger partial charge in [0.2, 0.25) is 17.7 Å². The number of aromatic nitrogens is 5. The van der Waals surface area contributed by atoms with E-state index in [1.54, 1.807) is 11.3 Å². The molecular formula is C23H29F3N8OS. The molecule has 0 aromatic carbocycles. The maximum Gasteiger partial charge on any atom is 0.451 e. The molecule has 0 saturated carbocycles. The predicted octanol–water partition coefficient (Wildman–Crippen LogP) is 4.09. The van der Waals surface area contributed by atoms with Crippen molar-refractivity contribution >= 4 is 39.2 Å². The van der Waals surface area contributed by atoms with E-state index in [9.17, 15) is 18.0 Å². The number of nitrogens with zero attached hydrogens (tertiary/aromatic N) is 7. The van der Waals surface area contributed by atoms with Crippen molar-refractivity contribution in [1.82, 2.24) is 29.6 Å². The predicted molar refractivity (Wildman–Crippen MR) is 131 cm³/mol. The van der Waals surface area contributed by atoms with E-state index in [-0.39, 0.29) is 30.9 Å². The molecule has 3 aromatic rings. The Morgan fingerprint density at radius 1 is 1.17 bits per heavy atom. The van der Waals surface area contributed by atoms with Gasteiger partial charge in [-0.05, 0) is 25.3 Å². The summed E-state index contributed by atoms with van der Waals surface area (Å²) in [6.45, 7) is 6.06. The van der Waals surface area contributed by atoms with E-state index in [0.29, 0.717) is 37.8 Å². The fourth-order valence-electron chi connectivity index (χ4n) is 4.84. The van der Waals surface area contributed by atoms with Crippen molar-refractivity contribution in [2.24, 2.45) is 0 Å². The first-order valence-corrected chi connectivity index (χ1v) is 13.2. The molecule has 1 amide bonds. The number of aryl methyl sites for hydroxylation is 1. The molecule has 1 saturated heterocycles. The number of fused-ring (bicyclic) bond motifs is 2. The lowest BCUT2D eigenvalue weighted by molar-refractivity contribution is -0.147. The van der Waals surface area contributed by atoms with Crippen LogP contribution in [0.1, 0.15) is 56.1 Å². The molecule has 1 atom stereocenters. The van der Waals surface area contributed by atoms with Crippen LogP contribution >= 0.6 is 11.3 Å². The monoisotopic (exact) mass is 522 g/mol. The van der Waals surface area contributed by atoms with Crippen LogP contribution in [0.5, 0.6) is 0 Å². The molecular weight excluding hydrogens is 493 g/mol. The summed E-state index contributed by atoms with van der Waals surface area (Å²) in [6, 6.07) is 2.13. The number of halogens is 3. The molecule has 0 spiro atoms. The van der Waals surface area contributed by atoms with Crippen LogP contribution in [-0.2, 0) is 30.5 Å². The molecule has 0 unspecified atom stereocenters. The molecule has 0 aliphatic carbocycles. The number of hydrogen-bond donors (Lipinski definition) is 1. The Bertz CT molecular complexity index is 1260. The lowest BCUT2D eigenvalue weighted by Crippen LogP contribution is -2.36. The van der Waals surface area contributed by atoms with Crippen molar-refractivity contribution in [3.05, 3.63) is 22.6 Å². The normalized spacial score (nSPS) is 18.2. The third-order valence-electron chi connectivity index (χ3n) is 6.56. The quantitative estimate of drug-likeness (QED) is 0.500. The first kappa shape index (κ1) is 24.7. The Morgan fingerprint density at radius 3 is 2.75 bits per heavy atom. The third kappa shape index (κ3) is 4.84. The van der Waals surface area contributed by atoms with Crippen LogP contribution in [0.2, 0.25) is 0 Å². The third-order valence-corrected chi connectivity index (χ3v) is 7.65. The van der Waals surface area contributed by atoms with Crippen LogP contribution in [-0.4, -0.2) is 61.2 Å². The molecule has 194 valence electrons. The maximum absolute atomic E-state index is 13.3. The van der Waals surface area contributed by atoms with Gasteiger partial charge in [-0.2, -0.15) is 18.2 Å². The van der Waals surface area contributed by atoms with E-state index >= 15 is 0 Å². The lowest BCUT2D eigenvalue weighted by atomic mass is 10.2. The zero-order valence-electron chi connectivity index (χ0n) is 20.3. The minimum absolute atomic E-state index is 0.0463. The summed E-state index contributed by atoms with van der Waals surface area (Å²) in [6.07, 6.45) is -0.442. The summed E-state index contributed by atoms with van der Waals surface area (Å²) in [5.41, 5.74) is 0. The van der Waals surface area contributed by atoms with E-state index in [4.69, 9.17) is 9.97 Å². The van der Waals surface area contributed by atoms with Gasteiger partial charge in [0.05, 0.1) is 11.9 Å². The van der Waals surface area contributed by atoms with Crippen LogP contribution in [0.3, 0.4) is 0 Å². The number of carbonyl (C=O) groups is 1. The fourth-order valence-corrected chi connectivity index (χ4v) is 5.96. The number of likely N-dealkylation sites (tertiary alicyclic amines) is 1. The number of amides is 1. The molecule has 1 N–H and O–H groups in total. The van der Waals surface area contributed by atoms with E-state index < -0.39 is 12.0 Å². The smallest absolute Gasteiger partial charge is 0.350 e. The van der Waals surface area contributed by atoms with Crippen molar-refractivity contribution in [2.45, 2.75) is 71.3 Å². The second kappa shape index (κ2) is 9.83. The molecule has 5 rings (SSSR count). The summed E-state index contributed by atoms with van der Waals surface area (Å²) < 4.78 is 41.0. The van der Waals surface area contributed by atoms with Crippen molar-refractivity contribution in [2.75, 3.05) is 29.9 Å². The van der Waals surface area contributed by atoms with Crippen molar-refractivity contribution in [1.29, 1.82) is 0 Å². The summed E-state index contributed by atoms with van der Waals surface area (Å²) in [7, 11) is 0. The number of carbonyl (C=O) groups excluding carboxylic acids is 1. The van der Waals surface area contributed by atoms with Crippen molar-refractivity contribution < 1.29 is 18.0 Å². The van der Waals surface area contributed by atoms with Gasteiger partial charge < -0.3 is 19.7 Å². The average molecular weight is 523 g/mol. The van der Waals surface area contributed by atoms with E-state index in [1.165, 1.54) is 4.88 Å². The molecule has 3 aromatic heterocycles. The molecule has 1 fully saturated rings. The molecule has 0 radical (unpaired) electrons. The molecule has 2 aliphatic rings. The highest BCUT2D eigenvalue weighted by Crippen LogP contribution is 2.35. The van der Waals surface area contributed by atoms with Gasteiger partial charge in [0.1, 0.15) is 10.6 Å². The number of alkyl halides is 3. The molecule has 0 bridgehead atoms. The topological polar surface area (TPSA) is 92.1 Å². The van der Waals surface area contributed by atoms with Gasteiger partial charge in [-0.25, -0.2) is 4.98 Å². The maximum atomic E-state index is 13.3. The first-order valence-electron chi connectivity index (χ1n) is 12.4. The highest BCUT2D eigenvalue weighted by Gasteiger charge is 2.40. The summed E-state index contributed by atoms with van der Waals surface area (Å²) in [4.78, 5) is 27.7. The van der Waals surface area contributed by atoms with Gasteiger partial charge in [-0.1, -0.05) is 20.3 Å². The zero-order chi connectivity index (χ0) is 25.4. The van der Waals surface area contributed by atoms with E-state index in [0.717, 1.165) is 40.5 Å². The standard InChI is InChI=1S/C23H29F3N8OS/c1-3-5-15-11-16-19(33-9-10-34-17(13-33)30-31-21(34)23(24,25)26)28-22(29-20(16)36-15)27-14-7-8-32(12-14)18(35)6-4-2/h11,14H,3-10,12-13H2,1-2H3,(H,27,28,29)/t14-/m1/s1. The Labute approximate surface area is 210 Å². The number of anilines is 2. The SMILES string of the molecule is CCCC(=O)N1CC[C@@H](Nc2nc(N3CCn4c(nnc4C(F)(F)F)C3)c3cc(CCC)sc3n2)C1. The molecule has 9 nitrogen and oxygen atoms in total. The summed E-state index contributed by atoms with van der Waals surface area (Å²) in [5.74, 6) is 0.620. The van der Waals surface area contributed by atoms with Crippen LogP contribution in [0.25, 0.3) is 10.2 Å². The van der Waals surface area contributed by atoms with Crippen LogP contribution in [0, 0.1) is 0 Å². The number of thiophene rings is 1. The van der Waals surface area contributed by atoms with E-state index in [2.05, 4.69) is 28.5 Å². The van der Waals surface area contributed by atoms with Crippen LogP contribution in [0.4, 0.5) is 24.9 Å². The molecule has 5 heterocycles. The van der Waals surface area contributed by atoms with Gasteiger partial charge in [0, 0.05) is 43.5 Å². The number of rotatable bonds is 7. The highest BCUT2D eigenvalue weighted by atomic mass is 32.1. The number of hydrogen-bond acceptors (Lipinski definition) is 8. The van der Waals surface area contributed by atoms with Crippen LogP contribution < -0.4 is 10.2 Å². The average Bonchev–Trinajstić information content (AvgIpc) is 3.56. The second-order valence-electron chi connectivity index (χ2n) is 9.28. The Kier molecular flexibility index (Phi) is 6.75. The Morgan fingerprint density at radius 2 is 2.00 bits per heavy atom. The summed E-state index contributed by atoms with van der Waals surface area (Å²) >= 11 is 1.61. The van der Waals surface area contributed by atoms with Gasteiger partial charge >= 0.3 is 6.18 Å². The lowest BCUT2D eigenvalue weighted by Gasteiger charge is -2.29. The van der Waals surface area contributed by atoms with Gasteiger partial charge in [0.25, 0.3) is 0 Å². The summed E-state index contributed by atoms with van der Waals surface area (Å²) in [5, 5.41) is 11.5. The highest BCUT2D eigenvalue weighted by molar-refractivity contribution is 7.18. The van der Waals surface area contributed by atoms with Gasteiger partial charge in [-0.3, -0.25) is 4.79 Å². The Balaban J connectivity index is 1.43. The van der Waals surface area contributed by atoms with Crippen LogP contribution in [0.15, 0.2) is 6.07 Å². The number of nitrogens with one attached hydrogen (secondary N) is 1. The molecule has 36 heavy (non-hydrogen) atoms. The van der Waals surface area contributed by atoms with E-state index in [1.807, 2.05) is 16.7 Å². The largest absolute Gasteiger partial charge is 0.451 e. The zero-order valence-corrected chi connectivity index (χ0v) is 21.1. The molecule has 13 heteroatoms. The Hall–Kier alpha value is -2.96. The first-order chi connectivity index (χ1) is 17.3. The molecule has 2 aliphatic heterocycles. The second-order valence-corrected chi connectivity index (χ2v) is 10.4. The van der Waals surface area contributed by atoms with Gasteiger partial charge in [0.15, 0.2) is 5.82 Å².